The van der Waals surface area contributed by atoms with Gasteiger partial charge in [-0.05, 0) is 6.92 Å². The molecule has 0 radical (unpaired) electrons. The topological polar surface area (TPSA) is 87.1 Å². The van der Waals surface area contributed by atoms with E-state index in [4.69, 9.17) is 5.11 Å². The Bertz CT molecular complexity index is 283. The second-order valence-electron chi connectivity index (χ2n) is 3.14. The van der Waals surface area contributed by atoms with Crippen molar-refractivity contribution >= 4 is 24.8 Å². The van der Waals surface area contributed by atoms with Gasteiger partial charge in [0.05, 0.1) is 6.42 Å². The van der Waals surface area contributed by atoms with Crippen LogP contribution in [0.25, 0.3) is 0 Å². The van der Waals surface area contributed by atoms with E-state index in [0.29, 0.717) is 6.54 Å². The van der Waals surface area contributed by atoms with Gasteiger partial charge in [0.25, 0.3) is 0 Å². The zero-order valence-corrected chi connectivity index (χ0v) is 9.81. The average Bonchev–Trinajstić information content (AvgIpc) is 2.17. The Morgan fingerprint density at radius 3 is 2.56 bits per heavy atom. The van der Waals surface area contributed by atoms with Crippen LogP contribution >= 0.6 is 12.8 Å². The normalized spacial score (nSPS) is 14.2. The number of rotatable bonds is 7. The summed E-state index contributed by atoms with van der Waals surface area (Å²) in [6, 6.07) is 0. The Labute approximate surface area is 99.0 Å². The number of aliphatic carboxylic acids is 1. The van der Waals surface area contributed by atoms with Crippen molar-refractivity contribution in [2.45, 2.75) is 25.4 Å². The highest BCUT2D eigenvalue weighted by Crippen LogP contribution is 2.17. The summed E-state index contributed by atoms with van der Waals surface area (Å²) in [6.45, 7) is 5.33. The molecule has 0 bridgehead atoms. The van der Waals surface area contributed by atoms with Gasteiger partial charge in [0.15, 0.2) is 5.60 Å². The van der Waals surface area contributed by atoms with Crippen molar-refractivity contribution in [2.75, 3.05) is 6.54 Å². The van der Waals surface area contributed by atoms with Gasteiger partial charge in [-0.1, -0.05) is 23.4 Å². The van der Waals surface area contributed by atoms with Crippen LogP contribution in [0.4, 0.5) is 0 Å². The fraction of sp³-hybridized carbons (Fsp3) is 0.556. The molecule has 0 aliphatic heterocycles. The molecule has 16 heavy (non-hydrogen) atoms. The van der Waals surface area contributed by atoms with E-state index in [-0.39, 0.29) is 6.42 Å². The molecular weight excluding hydrogens is 234 g/mol. The number of carboxylic acids is 1. The molecule has 0 aliphatic carbocycles. The quantitative estimate of drug-likeness (QED) is 0.344. The summed E-state index contributed by atoms with van der Waals surface area (Å²) in [6.07, 6.45) is 0.321. The molecule has 0 saturated carbocycles. The van der Waals surface area contributed by atoms with Crippen LogP contribution in [0.15, 0.2) is 12.7 Å². The van der Waals surface area contributed by atoms with Gasteiger partial charge in [-0.2, -0.15) is 0 Å². The van der Waals surface area contributed by atoms with Gasteiger partial charge in [0.1, 0.15) is 0 Å². The van der Waals surface area contributed by atoms with Crippen molar-refractivity contribution in [3.05, 3.63) is 12.7 Å². The lowest BCUT2D eigenvalue weighted by Gasteiger charge is -2.21. The van der Waals surface area contributed by atoms with E-state index in [2.05, 4.69) is 24.2 Å². The van der Waals surface area contributed by atoms with E-state index in [1.165, 1.54) is 6.08 Å². The van der Waals surface area contributed by atoms with Gasteiger partial charge in [-0.15, -0.1) is 6.58 Å². The third-order valence-corrected chi connectivity index (χ3v) is 2.16. The summed E-state index contributed by atoms with van der Waals surface area (Å²) in [4.78, 5) is 26.6. The fourth-order valence-electron chi connectivity index (χ4n) is 0.927. The predicted molar refractivity (Wildman–Crippen MR) is 59.5 cm³/mol. The number of thiol groups is 1. The Morgan fingerprint density at radius 2 is 2.19 bits per heavy atom. The summed E-state index contributed by atoms with van der Waals surface area (Å²) in [7, 11) is 0. The summed E-state index contributed by atoms with van der Waals surface area (Å²) in [5.41, 5.74) is -2.18. The average molecular weight is 249 g/mol. The maximum absolute atomic E-state index is 11.2. The third-order valence-electron chi connectivity index (χ3n) is 1.79. The highest BCUT2D eigenvalue weighted by molar-refractivity contribution is 7.77. The molecule has 0 heterocycles. The monoisotopic (exact) mass is 249 g/mol. The van der Waals surface area contributed by atoms with Crippen molar-refractivity contribution in [3.8, 4) is 0 Å². The number of nitrogens with zero attached hydrogens (tertiary/aromatic N) is 1. The van der Waals surface area contributed by atoms with Crippen LogP contribution in [0.3, 0.4) is 0 Å². The minimum atomic E-state index is -2.18. The van der Waals surface area contributed by atoms with Gasteiger partial charge in [-0.3, -0.25) is 4.79 Å². The van der Waals surface area contributed by atoms with E-state index in [0.717, 1.165) is 4.47 Å². The SMILES string of the molecule is C=CCC(O)(CC(=O)ON(S)CC)C(=O)O. The Kier molecular flexibility index (Phi) is 6.09. The molecule has 0 saturated heterocycles. The molecule has 0 amide bonds. The van der Waals surface area contributed by atoms with Crippen LogP contribution < -0.4 is 0 Å². The van der Waals surface area contributed by atoms with Crippen LogP contribution in [0.1, 0.15) is 19.8 Å². The number of hydroxylamine groups is 1. The first-order chi connectivity index (χ1) is 7.35. The highest BCUT2D eigenvalue weighted by atomic mass is 32.1. The zero-order chi connectivity index (χ0) is 12.8. The van der Waals surface area contributed by atoms with Crippen molar-refractivity contribution in [2.24, 2.45) is 0 Å². The second kappa shape index (κ2) is 6.51. The predicted octanol–water partition coefficient (Wildman–Crippen LogP) is 0.393. The number of carbonyl (C=O) groups excluding carboxylic acids is 1. The van der Waals surface area contributed by atoms with Gasteiger partial charge in [0.2, 0.25) is 0 Å². The standard InChI is InChI=1S/C9H15NO5S/c1-3-5-9(14,8(12)13)6-7(11)15-10(16)4-2/h3,14,16H,1,4-6H2,2H3,(H,12,13). The lowest BCUT2D eigenvalue weighted by atomic mass is 9.96. The summed E-state index contributed by atoms with van der Waals surface area (Å²) >= 11 is 3.76. The first-order valence-corrected chi connectivity index (χ1v) is 4.99. The van der Waals surface area contributed by atoms with Crippen LogP contribution in [-0.2, 0) is 14.4 Å². The molecule has 0 aromatic rings. The number of hydrogen-bond donors (Lipinski definition) is 3. The highest BCUT2D eigenvalue weighted by Gasteiger charge is 2.38. The van der Waals surface area contributed by atoms with Crippen molar-refractivity contribution in [1.29, 1.82) is 0 Å². The molecule has 92 valence electrons. The third kappa shape index (κ3) is 4.65. The molecule has 0 aliphatic rings. The minimum Gasteiger partial charge on any atom is -0.479 e. The van der Waals surface area contributed by atoms with E-state index in [1.807, 2.05) is 0 Å². The Morgan fingerprint density at radius 1 is 1.62 bits per heavy atom. The molecule has 0 spiro atoms. The van der Waals surface area contributed by atoms with E-state index in [9.17, 15) is 14.7 Å². The molecule has 1 atom stereocenters. The summed E-state index contributed by atoms with van der Waals surface area (Å²) < 4.78 is 0.943. The summed E-state index contributed by atoms with van der Waals surface area (Å²) in [5.74, 6) is -2.37. The van der Waals surface area contributed by atoms with E-state index >= 15 is 0 Å². The Balaban J connectivity index is 4.46. The lowest BCUT2D eigenvalue weighted by Crippen LogP contribution is -2.41. The number of carboxylic acid groups (broad SMARTS) is 1. The Hall–Kier alpha value is -1.05. The molecule has 0 aromatic carbocycles. The number of carbonyl (C=O) groups is 2. The fourth-order valence-corrected chi connectivity index (χ4v) is 1.02. The van der Waals surface area contributed by atoms with Crippen LogP contribution in [0.5, 0.6) is 0 Å². The smallest absolute Gasteiger partial charge is 0.336 e. The van der Waals surface area contributed by atoms with Crippen LogP contribution in [-0.4, -0.2) is 38.8 Å². The number of hydrogen-bond acceptors (Lipinski definition) is 6. The molecule has 2 N–H and O–H groups in total. The molecule has 0 rings (SSSR count). The molecule has 7 heteroatoms. The van der Waals surface area contributed by atoms with Crippen molar-refractivity contribution in [1.82, 2.24) is 4.47 Å². The van der Waals surface area contributed by atoms with Gasteiger partial charge in [0, 0.05) is 13.0 Å². The van der Waals surface area contributed by atoms with Crippen molar-refractivity contribution in [3.63, 3.8) is 0 Å². The first kappa shape index (κ1) is 14.9. The maximum Gasteiger partial charge on any atom is 0.336 e. The second-order valence-corrected chi connectivity index (χ2v) is 3.58. The largest absolute Gasteiger partial charge is 0.479 e. The van der Waals surface area contributed by atoms with Crippen LogP contribution in [0.2, 0.25) is 0 Å². The van der Waals surface area contributed by atoms with E-state index < -0.39 is 24.0 Å². The van der Waals surface area contributed by atoms with E-state index in [1.54, 1.807) is 6.92 Å². The zero-order valence-electron chi connectivity index (χ0n) is 8.92. The molecular formula is C9H15NO5S. The maximum atomic E-state index is 11.2. The molecule has 0 fully saturated rings. The molecule has 1 unspecified atom stereocenters. The van der Waals surface area contributed by atoms with Gasteiger partial charge in [-0.25, -0.2) is 4.79 Å². The summed E-state index contributed by atoms with van der Waals surface area (Å²) in [5, 5.41) is 18.4. The molecule has 0 aromatic heterocycles. The molecule has 6 nitrogen and oxygen atoms in total. The number of aliphatic hydroxyl groups is 1. The lowest BCUT2D eigenvalue weighted by molar-refractivity contribution is -0.179. The van der Waals surface area contributed by atoms with Crippen molar-refractivity contribution < 1.29 is 24.6 Å². The van der Waals surface area contributed by atoms with Gasteiger partial charge >= 0.3 is 11.9 Å². The van der Waals surface area contributed by atoms with Crippen LogP contribution in [0, 0.1) is 0 Å². The first-order valence-electron chi connectivity index (χ1n) is 4.59. The van der Waals surface area contributed by atoms with Gasteiger partial charge < -0.3 is 15.1 Å². The minimum absolute atomic E-state index is 0.240.